The van der Waals surface area contributed by atoms with E-state index in [-0.39, 0.29) is 23.5 Å². The summed E-state index contributed by atoms with van der Waals surface area (Å²) in [7, 11) is 0. The molecule has 1 N–H and O–H groups in total. The Morgan fingerprint density at radius 3 is 2.48 bits per heavy atom. The number of rotatable bonds is 4. The molecule has 2 amide bonds. The van der Waals surface area contributed by atoms with Crippen LogP contribution in [0.25, 0.3) is 0 Å². The molecule has 6 nitrogen and oxygen atoms in total. The van der Waals surface area contributed by atoms with Crippen LogP contribution in [0.1, 0.15) is 40.3 Å². The molecule has 2 aromatic rings. The summed E-state index contributed by atoms with van der Waals surface area (Å²) in [5.41, 5.74) is 2.04. The number of hydrogen-bond donors (Lipinski definition) is 1. The second-order valence-electron chi connectivity index (χ2n) is 6.83. The molecule has 0 bridgehead atoms. The van der Waals surface area contributed by atoms with Crippen molar-refractivity contribution in [3.63, 3.8) is 0 Å². The van der Waals surface area contributed by atoms with Crippen molar-refractivity contribution in [1.82, 2.24) is 20.2 Å². The maximum atomic E-state index is 12.9. The Hall–Kier alpha value is -2.83. The summed E-state index contributed by atoms with van der Waals surface area (Å²) >= 11 is 0. The lowest BCUT2D eigenvalue weighted by Crippen LogP contribution is -2.43. The van der Waals surface area contributed by atoms with E-state index in [0.717, 1.165) is 5.56 Å². The van der Waals surface area contributed by atoms with Crippen LogP contribution in [0.3, 0.4) is 0 Å². The molecule has 0 unspecified atom stereocenters. The maximum Gasteiger partial charge on any atom is 0.257 e. The number of piperidine rings is 1. The monoisotopic (exact) mass is 370 g/mol. The molecule has 0 spiro atoms. The highest BCUT2D eigenvalue weighted by atomic mass is 19.1. The van der Waals surface area contributed by atoms with Crippen LogP contribution in [0.2, 0.25) is 0 Å². The molecule has 142 valence electrons. The van der Waals surface area contributed by atoms with Gasteiger partial charge in [0.25, 0.3) is 5.91 Å². The van der Waals surface area contributed by atoms with Crippen molar-refractivity contribution in [1.29, 1.82) is 0 Å². The predicted octanol–water partition coefficient (Wildman–Crippen LogP) is 2.40. The second-order valence-corrected chi connectivity index (χ2v) is 6.83. The molecule has 0 atom stereocenters. The Kier molecular flexibility index (Phi) is 5.78. The Labute approximate surface area is 157 Å². The van der Waals surface area contributed by atoms with Crippen LogP contribution in [0.4, 0.5) is 4.39 Å². The quantitative estimate of drug-likeness (QED) is 0.897. The van der Waals surface area contributed by atoms with Crippen molar-refractivity contribution in [2.24, 2.45) is 5.92 Å². The lowest BCUT2D eigenvalue weighted by atomic mass is 9.95. The van der Waals surface area contributed by atoms with Crippen molar-refractivity contribution in [3.05, 3.63) is 58.9 Å². The van der Waals surface area contributed by atoms with Crippen molar-refractivity contribution in [2.45, 2.75) is 33.2 Å². The van der Waals surface area contributed by atoms with Gasteiger partial charge in [0.2, 0.25) is 5.91 Å². The van der Waals surface area contributed by atoms with Crippen LogP contribution in [-0.4, -0.2) is 39.8 Å². The van der Waals surface area contributed by atoms with E-state index in [9.17, 15) is 14.0 Å². The largest absolute Gasteiger partial charge is 0.352 e. The van der Waals surface area contributed by atoms with E-state index in [1.807, 2.05) is 0 Å². The van der Waals surface area contributed by atoms with E-state index in [4.69, 9.17) is 0 Å². The molecular weight excluding hydrogens is 347 g/mol. The number of nitrogens with one attached hydrogen (secondary N) is 1. The second kappa shape index (κ2) is 8.24. The number of carbonyl (C=O) groups is 2. The third-order valence-corrected chi connectivity index (χ3v) is 4.86. The number of nitrogens with zero attached hydrogens (tertiary/aromatic N) is 3. The van der Waals surface area contributed by atoms with Gasteiger partial charge in [-0.3, -0.25) is 9.59 Å². The topological polar surface area (TPSA) is 75.2 Å². The molecule has 1 saturated heterocycles. The van der Waals surface area contributed by atoms with Gasteiger partial charge in [0.05, 0.1) is 11.3 Å². The highest BCUT2D eigenvalue weighted by molar-refractivity contribution is 5.95. The van der Waals surface area contributed by atoms with E-state index >= 15 is 0 Å². The van der Waals surface area contributed by atoms with Gasteiger partial charge in [-0.2, -0.15) is 0 Å². The molecule has 3 rings (SSSR count). The lowest BCUT2D eigenvalue weighted by molar-refractivity contribution is -0.126. The minimum atomic E-state index is -0.295. The van der Waals surface area contributed by atoms with Crippen LogP contribution in [0.15, 0.2) is 30.5 Å². The summed E-state index contributed by atoms with van der Waals surface area (Å²) in [6, 6.07) is 6.07. The van der Waals surface area contributed by atoms with Gasteiger partial charge >= 0.3 is 0 Å². The van der Waals surface area contributed by atoms with E-state index in [1.165, 1.54) is 12.1 Å². The third kappa shape index (κ3) is 4.67. The molecular formula is C20H23FN4O2. The molecule has 0 saturated carbocycles. The van der Waals surface area contributed by atoms with Crippen LogP contribution in [0.5, 0.6) is 0 Å². The average Bonchev–Trinajstić information content (AvgIpc) is 2.67. The lowest BCUT2D eigenvalue weighted by Gasteiger charge is -2.31. The van der Waals surface area contributed by atoms with Crippen LogP contribution in [0, 0.1) is 25.6 Å². The molecule has 1 fully saturated rings. The Morgan fingerprint density at radius 1 is 1.19 bits per heavy atom. The number of carbonyl (C=O) groups excluding carboxylic acids is 2. The van der Waals surface area contributed by atoms with Gasteiger partial charge in [-0.15, -0.1) is 0 Å². The van der Waals surface area contributed by atoms with E-state index in [2.05, 4.69) is 15.3 Å². The zero-order chi connectivity index (χ0) is 19.4. The Morgan fingerprint density at radius 2 is 1.85 bits per heavy atom. The molecule has 2 heterocycles. The summed E-state index contributed by atoms with van der Waals surface area (Å²) < 4.78 is 12.9. The van der Waals surface area contributed by atoms with Gasteiger partial charge < -0.3 is 10.2 Å². The van der Waals surface area contributed by atoms with Gasteiger partial charge in [-0.05, 0) is 44.4 Å². The molecule has 1 aromatic carbocycles. The third-order valence-electron chi connectivity index (χ3n) is 4.86. The number of aromatic nitrogens is 2. The molecule has 0 aliphatic carbocycles. The van der Waals surface area contributed by atoms with Gasteiger partial charge in [-0.25, -0.2) is 14.4 Å². The Balaban J connectivity index is 1.51. The molecule has 27 heavy (non-hydrogen) atoms. The number of aryl methyl sites for hydroxylation is 2. The number of likely N-dealkylation sites (tertiary alicyclic amines) is 1. The molecule has 1 aliphatic rings. The fraction of sp³-hybridized carbons (Fsp3) is 0.400. The van der Waals surface area contributed by atoms with Crippen LogP contribution >= 0.6 is 0 Å². The highest BCUT2D eigenvalue weighted by Gasteiger charge is 2.28. The van der Waals surface area contributed by atoms with Crippen LogP contribution in [-0.2, 0) is 11.3 Å². The van der Waals surface area contributed by atoms with Crippen LogP contribution < -0.4 is 5.32 Å². The van der Waals surface area contributed by atoms with Crippen molar-refractivity contribution in [2.75, 3.05) is 13.1 Å². The summed E-state index contributed by atoms with van der Waals surface area (Å²) in [6.07, 6.45) is 2.81. The summed E-state index contributed by atoms with van der Waals surface area (Å²) in [4.78, 5) is 35.1. The fourth-order valence-electron chi connectivity index (χ4n) is 3.24. The first-order valence-electron chi connectivity index (χ1n) is 9.05. The smallest absolute Gasteiger partial charge is 0.257 e. The highest BCUT2D eigenvalue weighted by Crippen LogP contribution is 2.20. The van der Waals surface area contributed by atoms with Gasteiger partial charge in [0.1, 0.15) is 11.6 Å². The average molecular weight is 370 g/mol. The molecule has 1 aromatic heterocycles. The summed E-state index contributed by atoms with van der Waals surface area (Å²) in [5, 5.41) is 2.89. The maximum absolute atomic E-state index is 12.9. The van der Waals surface area contributed by atoms with E-state index in [1.54, 1.807) is 37.1 Å². The molecule has 7 heteroatoms. The summed E-state index contributed by atoms with van der Waals surface area (Å²) in [6.45, 7) is 5.02. The zero-order valence-electron chi connectivity index (χ0n) is 15.5. The van der Waals surface area contributed by atoms with Crippen molar-refractivity contribution >= 4 is 11.8 Å². The fourth-order valence-corrected chi connectivity index (χ4v) is 3.24. The number of amides is 2. The minimum Gasteiger partial charge on any atom is -0.352 e. The van der Waals surface area contributed by atoms with Gasteiger partial charge in [0, 0.05) is 31.7 Å². The first-order valence-corrected chi connectivity index (χ1v) is 9.05. The number of halogens is 1. The predicted molar refractivity (Wildman–Crippen MR) is 98.4 cm³/mol. The Bertz CT molecular complexity index is 830. The van der Waals surface area contributed by atoms with Crippen molar-refractivity contribution < 1.29 is 14.0 Å². The van der Waals surface area contributed by atoms with Gasteiger partial charge in [0.15, 0.2) is 0 Å². The first-order chi connectivity index (χ1) is 12.9. The number of benzene rings is 1. The first kappa shape index (κ1) is 18.9. The molecule has 0 radical (unpaired) electrons. The SMILES string of the molecule is Cc1ncc(C(=O)N2CCC(C(=O)NCc3ccc(F)cc3)CC2)c(C)n1. The normalized spacial score (nSPS) is 14.9. The van der Waals surface area contributed by atoms with E-state index in [0.29, 0.717) is 49.6 Å². The molecule has 1 aliphatic heterocycles. The standard InChI is InChI=1S/C20H23FN4O2/c1-13-18(12-22-14(2)24-13)20(27)25-9-7-16(8-10-25)19(26)23-11-15-3-5-17(21)6-4-15/h3-6,12,16H,7-11H2,1-2H3,(H,23,26). The minimum absolute atomic E-state index is 0.0266. The summed E-state index contributed by atoms with van der Waals surface area (Å²) in [5.74, 6) is 0.112. The van der Waals surface area contributed by atoms with Crippen molar-refractivity contribution in [3.8, 4) is 0 Å². The number of hydrogen-bond acceptors (Lipinski definition) is 4. The zero-order valence-corrected chi connectivity index (χ0v) is 15.5. The van der Waals surface area contributed by atoms with Gasteiger partial charge in [-0.1, -0.05) is 12.1 Å². The van der Waals surface area contributed by atoms with E-state index < -0.39 is 0 Å².